The predicted octanol–water partition coefficient (Wildman–Crippen LogP) is 25.8. The van der Waals surface area contributed by atoms with Crippen LogP contribution >= 0.6 is 0 Å². The van der Waals surface area contributed by atoms with Crippen LogP contribution in [0.1, 0.15) is 0 Å². The summed E-state index contributed by atoms with van der Waals surface area (Å²) >= 11 is 0. The first-order valence-electron chi connectivity index (χ1n) is 38.2. The van der Waals surface area contributed by atoms with Crippen molar-refractivity contribution >= 4 is 142 Å². The molecule has 0 atom stereocenters. The molecule has 0 saturated heterocycles. The summed E-state index contributed by atoms with van der Waals surface area (Å²) in [5, 5.41) is 17.1. The van der Waals surface area contributed by atoms with Crippen molar-refractivity contribution in [1.82, 2.24) is 47.8 Å². The maximum Gasteiger partial charge on any atom is 0.167 e. The van der Waals surface area contributed by atoms with Crippen LogP contribution in [-0.4, -0.2) is 47.8 Å². The van der Waals surface area contributed by atoms with Crippen LogP contribution in [0, 0.1) is 0 Å². The molecule has 524 valence electrons. The van der Waals surface area contributed by atoms with Gasteiger partial charge in [-0.05, 0) is 96.1 Å². The summed E-state index contributed by atoms with van der Waals surface area (Å²) in [6.07, 6.45) is 0. The SMILES string of the molecule is c1ccc(-c2ccc(-c3nc(-c4ccccc4)nc(-c4cccc(-n5c6ccccc6c6cc7c8ccccc8n8c9ccccc9c(c65)c78)c4)n3)cc2)cc1.c1ccc(-c2nc(-c3cccc(-n4c5ccccc5c5cc6c7ccccc7n7c8ccccc8c(c54)c67)c3)nc(-c3cccc4c3oc3ccccc34)n2)cc1. The highest BCUT2D eigenvalue weighted by Gasteiger charge is 2.28. The van der Waals surface area contributed by atoms with Crippen LogP contribution in [0.4, 0.5) is 0 Å². The standard InChI is InChI=1S/C51H29N5O.C51H31N5/c1-2-14-30(15-3-1)49-52-50(54-51(53-49)38-23-13-22-36-35-20-7-11-27-44(35)57-48(36)38)31-16-12-17-32(28-31)55-41-24-8-4-18-33(41)39-29-40-34-19-5-9-25-42(34)56-43-26-10-6-21-37(43)45(46(39)55)47(40)56;1-3-14-32(15-4-1)33-26-28-35(29-27-33)50-52-49(34-16-5-2-6-17-34)53-51(54-50)36-18-13-19-37(30-36)55-43-23-10-7-20-38(43)41-31-42-39-21-8-11-24-44(39)56-45-25-12-9-22-40(45)46(47(41)55)48(42)56/h1-29H;1-31H. The number of rotatable bonds is 9. The molecule has 0 N–H and O–H groups in total. The van der Waals surface area contributed by atoms with E-state index >= 15 is 0 Å². The fourth-order valence-electron chi connectivity index (χ4n) is 18.1. The van der Waals surface area contributed by atoms with Crippen LogP contribution in [0.2, 0.25) is 0 Å². The number of hydrogen-bond acceptors (Lipinski definition) is 7. The molecule has 0 unspecified atom stereocenters. The molecule has 0 aliphatic rings. The largest absolute Gasteiger partial charge is 0.455 e. The molecule has 11 nitrogen and oxygen atoms in total. The van der Waals surface area contributed by atoms with E-state index in [1.54, 1.807) is 0 Å². The van der Waals surface area contributed by atoms with Crippen molar-refractivity contribution in [3.8, 4) is 90.8 Å². The molecule has 9 aromatic heterocycles. The number of furan rings is 1. The third-order valence-corrected chi connectivity index (χ3v) is 23.0. The molecule has 25 aromatic rings. The average molecular weight is 1440 g/mol. The lowest BCUT2D eigenvalue weighted by Crippen LogP contribution is -2.01. The Bertz CT molecular complexity index is 8180. The molecular formula is C102H60N10O. The molecule has 0 aliphatic heterocycles. The van der Waals surface area contributed by atoms with Gasteiger partial charge in [0.25, 0.3) is 0 Å². The minimum atomic E-state index is 0.561. The lowest BCUT2D eigenvalue weighted by molar-refractivity contribution is 0.669. The van der Waals surface area contributed by atoms with Gasteiger partial charge in [-0.2, -0.15) is 0 Å². The van der Waals surface area contributed by atoms with E-state index in [0.717, 1.165) is 83.3 Å². The minimum Gasteiger partial charge on any atom is -0.455 e. The number of nitrogens with zero attached hydrogens (tertiary/aromatic N) is 10. The highest BCUT2D eigenvalue weighted by atomic mass is 16.3. The Kier molecular flexibility index (Phi) is 13.6. The van der Waals surface area contributed by atoms with Crippen LogP contribution in [0.5, 0.6) is 0 Å². The third-order valence-electron chi connectivity index (χ3n) is 23.0. The van der Waals surface area contributed by atoms with Gasteiger partial charge in [0.05, 0.1) is 60.7 Å². The average Bonchev–Trinajstić information content (AvgIpc) is 1.52. The van der Waals surface area contributed by atoms with Crippen molar-refractivity contribution < 1.29 is 4.42 Å². The van der Waals surface area contributed by atoms with E-state index < -0.39 is 0 Å². The van der Waals surface area contributed by atoms with E-state index in [2.05, 4.69) is 297 Å². The van der Waals surface area contributed by atoms with Gasteiger partial charge in [-0.15, -0.1) is 0 Å². The monoisotopic (exact) mass is 1440 g/mol. The van der Waals surface area contributed by atoms with Crippen molar-refractivity contribution in [2.24, 2.45) is 0 Å². The van der Waals surface area contributed by atoms with E-state index in [1.807, 2.05) is 84.9 Å². The molecule has 0 bridgehead atoms. The first kappa shape index (κ1) is 62.6. The Labute approximate surface area is 644 Å². The topological polar surface area (TPSA) is 109 Å². The lowest BCUT2D eigenvalue weighted by Gasteiger charge is -2.12. The summed E-state index contributed by atoms with van der Waals surface area (Å²) in [4.78, 5) is 30.7. The zero-order valence-corrected chi connectivity index (χ0v) is 60.5. The van der Waals surface area contributed by atoms with Gasteiger partial charge in [0.2, 0.25) is 0 Å². The van der Waals surface area contributed by atoms with E-state index in [-0.39, 0.29) is 0 Å². The summed E-state index contributed by atoms with van der Waals surface area (Å²) in [5.74, 6) is 3.65. The van der Waals surface area contributed by atoms with Crippen molar-refractivity contribution in [1.29, 1.82) is 0 Å². The van der Waals surface area contributed by atoms with E-state index in [1.165, 1.54) is 114 Å². The number of para-hydroxylation sites is 8. The first-order chi connectivity index (χ1) is 56.1. The van der Waals surface area contributed by atoms with Gasteiger partial charge in [0.1, 0.15) is 11.2 Å². The van der Waals surface area contributed by atoms with Gasteiger partial charge < -0.3 is 22.4 Å². The molecule has 25 rings (SSSR count). The summed E-state index contributed by atoms with van der Waals surface area (Å²) < 4.78 is 16.3. The first-order valence-corrected chi connectivity index (χ1v) is 38.2. The van der Waals surface area contributed by atoms with Gasteiger partial charge in [-0.3, -0.25) is 0 Å². The lowest BCUT2D eigenvalue weighted by atomic mass is 10.0. The Morgan fingerprint density at radius 1 is 0.195 bits per heavy atom. The maximum absolute atomic E-state index is 6.47. The van der Waals surface area contributed by atoms with Crippen LogP contribution in [0.15, 0.2) is 368 Å². The molecule has 0 amide bonds. The highest BCUT2D eigenvalue weighted by molar-refractivity contribution is 6.36. The fraction of sp³-hybridized carbons (Fsp3) is 0. The molecule has 0 spiro atoms. The van der Waals surface area contributed by atoms with Crippen molar-refractivity contribution in [3.05, 3.63) is 364 Å². The summed E-state index contributed by atoms with van der Waals surface area (Å²) in [6.45, 7) is 0. The minimum absolute atomic E-state index is 0.561. The van der Waals surface area contributed by atoms with E-state index in [0.29, 0.717) is 34.9 Å². The van der Waals surface area contributed by atoms with Gasteiger partial charge in [-0.25, -0.2) is 29.9 Å². The van der Waals surface area contributed by atoms with Crippen LogP contribution in [0.3, 0.4) is 0 Å². The van der Waals surface area contributed by atoms with E-state index in [4.69, 9.17) is 34.3 Å². The van der Waals surface area contributed by atoms with Crippen LogP contribution < -0.4 is 0 Å². The van der Waals surface area contributed by atoms with Gasteiger partial charge in [0.15, 0.2) is 34.9 Å². The Balaban J connectivity index is 0.000000131. The normalized spacial score (nSPS) is 12.1. The number of benzene rings is 16. The van der Waals surface area contributed by atoms with Crippen LogP contribution in [-0.2, 0) is 0 Å². The second kappa shape index (κ2) is 24.5. The zero-order valence-electron chi connectivity index (χ0n) is 60.5. The third kappa shape index (κ3) is 9.49. The molecule has 0 saturated carbocycles. The molecule has 113 heavy (non-hydrogen) atoms. The number of aromatic nitrogens is 10. The second-order valence-electron chi connectivity index (χ2n) is 29.2. The molecule has 16 aromatic carbocycles. The molecular weight excluding hydrogens is 1380 g/mol. The second-order valence-corrected chi connectivity index (χ2v) is 29.2. The number of fused-ring (bicyclic) bond motifs is 23. The molecule has 9 heterocycles. The summed E-state index contributed by atoms with van der Waals surface area (Å²) in [7, 11) is 0. The van der Waals surface area contributed by atoms with Gasteiger partial charge in [0, 0.05) is 115 Å². The fourth-order valence-corrected chi connectivity index (χ4v) is 18.1. The Morgan fingerprint density at radius 2 is 0.504 bits per heavy atom. The van der Waals surface area contributed by atoms with Crippen LogP contribution in [0.25, 0.3) is 233 Å². The number of hydrogen-bond donors (Lipinski definition) is 0. The smallest absolute Gasteiger partial charge is 0.167 e. The van der Waals surface area contributed by atoms with Crippen molar-refractivity contribution in [2.75, 3.05) is 0 Å². The molecule has 0 radical (unpaired) electrons. The zero-order chi connectivity index (χ0) is 73.9. The molecule has 11 heteroatoms. The van der Waals surface area contributed by atoms with Crippen molar-refractivity contribution in [2.45, 2.75) is 0 Å². The molecule has 0 fully saturated rings. The Hall–Kier alpha value is -15.5. The highest BCUT2D eigenvalue weighted by Crippen LogP contribution is 2.50. The van der Waals surface area contributed by atoms with Crippen molar-refractivity contribution in [3.63, 3.8) is 0 Å². The molecule has 0 aliphatic carbocycles. The quantitative estimate of drug-likeness (QED) is 0.142. The predicted molar refractivity (Wildman–Crippen MR) is 463 cm³/mol. The van der Waals surface area contributed by atoms with Gasteiger partial charge in [-0.1, -0.05) is 279 Å². The van der Waals surface area contributed by atoms with E-state index in [9.17, 15) is 0 Å². The summed E-state index contributed by atoms with van der Waals surface area (Å²) in [5.41, 5.74) is 23.5. The van der Waals surface area contributed by atoms with Gasteiger partial charge >= 0.3 is 0 Å². The summed E-state index contributed by atoms with van der Waals surface area (Å²) in [6, 6.07) is 128. The Morgan fingerprint density at radius 3 is 0.973 bits per heavy atom. The maximum atomic E-state index is 6.47.